The van der Waals surface area contributed by atoms with E-state index in [1.165, 1.54) is 0 Å². The second-order valence-corrected chi connectivity index (χ2v) is 6.82. The number of hydrogen-bond donors (Lipinski definition) is 1. The number of piperidine rings is 1. The number of nitrogens with zero attached hydrogens (tertiary/aromatic N) is 3. The van der Waals surface area contributed by atoms with Gasteiger partial charge in [0.1, 0.15) is 6.04 Å². The quantitative estimate of drug-likeness (QED) is 0.916. The molecule has 6 nitrogen and oxygen atoms in total. The normalized spacial score (nSPS) is 17.0. The molecular weight excluding hydrogens is 328 g/mol. The molecule has 1 unspecified atom stereocenters. The molecule has 1 atom stereocenters. The molecule has 136 valence electrons. The fourth-order valence-corrected chi connectivity index (χ4v) is 3.30. The average molecular weight is 352 g/mol. The number of carbonyl (C=O) groups excluding carboxylic acids is 2. The summed E-state index contributed by atoms with van der Waals surface area (Å²) in [6, 6.07) is 9.36. The van der Waals surface area contributed by atoms with E-state index in [0.717, 1.165) is 29.7 Å². The van der Waals surface area contributed by atoms with Crippen molar-refractivity contribution < 1.29 is 9.59 Å². The molecule has 2 aromatic rings. The van der Waals surface area contributed by atoms with E-state index >= 15 is 0 Å². The zero-order valence-electron chi connectivity index (χ0n) is 15.2. The smallest absolute Gasteiger partial charge is 0.256 e. The highest BCUT2D eigenvalue weighted by Crippen LogP contribution is 2.24. The fourth-order valence-electron chi connectivity index (χ4n) is 3.30. The van der Waals surface area contributed by atoms with Crippen molar-refractivity contribution in [3.05, 3.63) is 48.3 Å². The van der Waals surface area contributed by atoms with Gasteiger partial charge >= 0.3 is 0 Å². The number of nitrogens with two attached hydrogens (primary N) is 1. The molecule has 0 bridgehead atoms. The van der Waals surface area contributed by atoms with Crippen LogP contribution in [-0.4, -0.2) is 48.4 Å². The Morgan fingerprint density at radius 1 is 1.12 bits per heavy atom. The van der Waals surface area contributed by atoms with E-state index in [1.807, 2.05) is 49.3 Å². The number of amides is 2. The van der Waals surface area contributed by atoms with Gasteiger partial charge in [-0.1, -0.05) is 12.1 Å². The van der Waals surface area contributed by atoms with Crippen LogP contribution in [0.1, 0.15) is 29.6 Å². The molecule has 0 aliphatic carbocycles. The number of rotatable bonds is 4. The van der Waals surface area contributed by atoms with Crippen molar-refractivity contribution in [3.63, 3.8) is 0 Å². The van der Waals surface area contributed by atoms with Crippen LogP contribution >= 0.6 is 0 Å². The first kappa shape index (κ1) is 17.9. The number of primary amides is 1. The number of hydrogen-bond acceptors (Lipinski definition) is 4. The van der Waals surface area contributed by atoms with Crippen LogP contribution in [0.2, 0.25) is 0 Å². The Balaban J connectivity index is 1.86. The summed E-state index contributed by atoms with van der Waals surface area (Å²) in [5.74, 6) is -0.630. The summed E-state index contributed by atoms with van der Waals surface area (Å²) in [6.07, 6.45) is 5.71. The summed E-state index contributed by atoms with van der Waals surface area (Å²) in [5.41, 5.74) is 8.92. The molecule has 1 fully saturated rings. The van der Waals surface area contributed by atoms with Gasteiger partial charge in [-0.2, -0.15) is 0 Å². The highest BCUT2D eigenvalue weighted by atomic mass is 16.2. The Morgan fingerprint density at radius 3 is 2.50 bits per heavy atom. The molecule has 2 amide bonds. The maximum atomic E-state index is 12.9. The third-order valence-electron chi connectivity index (χ3n) is 4.79. The van der Waals surface area contributed by atoms with Gasteiger partial charge in [-0.05, 0) is 43.0 Å². The topological polar surface area (TPSA) is 79.5 Å². The summed E-state index contributed by atoms with van der Waals surface area (Å²) in [5, 5.41) is 0. The van der Waals surface area contributed by atoms with Crippen LogP contribution < -0.4 is 10.6 Å². The van der Waals surface area contributed by atoms with Crippen LogP contribution in [0.3, 0.4) is 0 Å². The van der Waals surface area contributed by atoms with Gasteiger partial charge < -0.3 is 15.5 Å². The molecule has 1 saturated heterocycles. The molecule has 1 aliphatic rings. The second kappa shape index (κ2) is 7.56. The van der Waals surface area contributed by atoms with Crippen molar-refractivity contribution in [3.8, 4) is 11.1 Å². The molecule has 1 aromatic heterocycles. The molecule has 26 heavy (non-hydrogen) atoms. The summed E-state index contributed by atoms with van der Waals surface area (Å²) in [7, 11) is 3.98. The maximum Gasteiger partial charge on any atom is 0.256 e. The molecule has 1 aliphatic heterocycles. The molecule has 2 N–H and O–H groups in total. The van der Waals surface area contributed by atoms with Crippen molar-refractivity contribution in [1.29, 1.82) is 0 Å². The highest BCUT2D eigenvalue weighted by molar-refractivity contribution is 5.98. The van der Waals surface area contributed by atoms with Gasteiger partial charge in [0, 0.05) is 44.3 Å². The lowest BCUT2D eigenvalue weighted by Crippen LogP contribution is -2.50. The molecule has 0 radical (unpaired) electrons. The predicted octanol–water partition coefficient (Wildman–Crippen LogP) is 2.29. The molecule has 0 spiro atoms. The van der Waals surface area contributed by atoms with E-state index in [1.54, 1.807) is 17.3 Å². The highest BCUT2D eigenvalue weighted by Gasteiger charge is 2.31. The lowest BCUT2D eigenvalue weighted by atomic mass is 9.99. The summed E-state index contributed by atoms with van der Waals surface area (Å²) in [6.45, 7) is 0.550. The van der Waals surface area contributed by atoms with Crippen LogP contribution in [0.15, 0.2) is 42.7 Å². The number of likely N-dealkylation sites (tertiary alicyclic amines) is 1. The minimum absolute atomic E-state index is 0.187. The SMILES string of the molecule is CN(C)c1ccc(-c2cncc(C(=O)N3CCCCC3C(N)=O)c2)cc1. The third kappa shape index (κ3) is 3.69. The number of benzene rings is 1. The van der Waals surface area contributed by atoms with E-state index in [0.29, 0.717) is 18.5 Å². The Morgan fingerprint density at radius 2 is 1.85 bits per heavy atom. The zero-order valence-corrected chi connectivity index (χ0v) is 15.2. The zero-order chi connectivity index (χ0) is 18.7. The van der Waals surface area contributed by atoms with Crippen LogP contribution in [0.4, 0.5) is 5.69 Å². The summed E-state index contributed by atoms with van der Waals surface area (Å²) < 4.78 is 0. The first-order valence-corrected chi connectivity index (χ1v) is 8.80. The Labute approximate surface area is 153 Å². The molecule has 6 heteroatoms. The van der Waals surface area contributed by atoms with Gasteiger partial charge in [-0.25, -0.2) is 0 Å². The third-order valence-corrected chi connectivity index (χ3v) is 4.79. The van der Waals surface area contributed by atoms with Crippen LogP contribution in [-0.2, 0) is 4.79 Å². The van der Waals surface area contributed by atoms with Crippen LogP contribution in [0, 0.1) is 0 Å². The lowest BCUT2D eigenvalue weighted by molar-refractivity contribution is -0.123. The summed E-state index contributed by atoms with van der Waals surface area (Å²) in [4.78, 5) is 32.4. The van der Waals surface area contributed by atoms with Crippen LogP contribution in [0.5, 0.6) is 0 Å². The number of pyridine rings is 1. The van der Waals surface area contributed by atoms with Gasteiger partial charge in [0.2, 0.25) is 5.91 Å². The average Bonchev–Trinajstić information content (AvgIpc) is 2.67. The maximum absolute atomic E-state index is 12.9. The van der Waals surface area contributed by atoms with E-state index in [-0.39, 0.29) is 5.91 Å². The number of anilines is 1. The van der Waals surface area contributed by atoms with Crippen molar-refractivity contribution >= 4 is 17.5 Å². The Hall–Kier alpha value is -2.89. The fraction of sp³-hybridized carbons (Fsp3) is 0.350. The minimum Gasteiger partial charge on any atom is -0.378 e. The van der Waals surface area contributed by atoms with Gasteiger partial charge in [-0.15, -0.1) is 0 Å². The molecule has 2 heterocycles. The van der Waals surface area contributed by atoms with Crippen molar-refractivity contribution in [2.75, 3.05) is 25.5 Å². The largest absolute Gasteiger partial charge is 0.378 e. The monoisotopic (exact) mass is 352 g/mol. The second-order valence-electron chi connectivity index (χ2n) is 6.82. The van der Waals surface area contributed by atoms with E-state index in [4.69, 9.17) is 5.73 Å². The van der Waals surface area contributed by atoms with Gasteiger partial charge in [0.15, 0.2) is 0 Å². The van der Waals surface area contributed by atoms with E-state index in [9.17, 15) is 9.59 Å². The first-order chi connectivity index (χ1) is 12.5. The van der Waals surface area contributed by atoms with Crippen molar-refractivity contribution in [2.45, 2.75) is 25.3 Å². The number of aromatic nitrogens is 1. The molecular formula is C20H24N4O2. The van der Waals surface area contributed by atoms with Gasteiger partial charge in [-0.3, -0.25) is 14.6 Å². The molecule has 1 aromatic carbocycles. The van der Waals surface area contributed by atoms with Crippen molar-refractivity contribution in [2.24, 2.45) is 5.73 Å². The molecule has 3 rings (SSSR count). The lowest BCUT2D eigenvalue weighted by Gasteiger charge is -2.33. The predicted molar refractivity (Wildman–Crippen MR) is 102 cm³/mol. The Kier molecular flexibility index (Phi) is 5.21. The Bertz CT molecular complexity index is 802. The minimum atomic E-state index is -0.528. The van der Waals surface area contributed by atoms with Crippen LogP contribution in [0.25, 0.3) is 11.1 Å². The van der Waals surface area contributed by atoms with Crippen molar-refractivity contribution in [1.82, 2.24) is 9.88 Å². The first-order valence-electron chi connectivity index (χ1n) is 8.80. The molecule has 0 saturated carbocycles. The number of carbonyl (C=O) groups is 2. The van der Waals surface area contributed by atoms with Gasteiger partial charge in [0.25, 0.3) is 5.91 Å². The van der Waals surface area contributed by atoms with E-state index < -0.39 is 11.9 Å². The van der Waals surface area contributed by atoms with E-state index in [2.05, 4.69) is 4.98 Å². The standard InChI is InChI=1S/C20H24N4O2/c1-23(2)17-8-6-14(7-9-17)15-11-16(13-22-12-15)20(26)24-10-4-3-5-18(24)19(21)25/h6-9,11-13,18H,3-5,10H2,1-2H3,(H2,21,25). The van der Waals surface area contributed by atoms with Gasteiger partial charge in [0.05, 0.1) is 5.56 Å². The summed E-state index contributed by atoms with van der Waals surface area (Å²) >= 11 is 0.